The average molecular weight is 615 g/mol. The second-order valence-corrected chi connectivity index (χ2v) is 11.0. The molecular formula is C33H32F6N4O. The van der Waals surface area contributed by atoms with Crippen LogP contribution in [0.25, 0.3) is 10.8 Å². The summed E-state index contributed by atoms with van der Waals surface area (Å²) in [5.74, 6) is -0.842. The molecule has 1 aliphatic heterocycles. The smallest absolute Gasteiger partial charge is 0.333 e. The predicted octanol–water partition coefficient (Wildman–Crippen LogP) is 6.82. The van der Waals surface area contributed by atoms with Crippen molar-refractivity contribution in [1.82, 2.24) is 20.1 Å². The quantitative estimate of drug-likeness (QED) is 0.166. The first-order valence-electron chi connectivity index (χ1n) is 14.4. The summed E-state index contributed by atoms with van der Waals surface area (Å²) in [6, 6.07) is 18.2. The van der Waals surface area contributed by atoms with Crippen molar-refractivity contribution >= 4 is 16.7 Å². The van der Waals surface area contributed by atoms with Gasteiger partial charge in [-0.1, -0.05) is 48.5 Å². The number of alkyl halides is 6. The summed E-state index contributed by atoms with van der Waals surface area (Å²) in [6.07, 6.45) is -5.35. The molecule has 1 atom stereocenters. The average Bonchev–Trinajstić information content (AvgIpc) is 3.00. The van der Waals surface area contributed by atoms with Crippen molar-refractivity contribution in [3.05, 3.63) is 113 Å². The number of carbonyl (C=O) groups is 1. The molecule has 3 aromatic carbocycles. The minimum atomic E-state index is -5.04. The number of halogens is 6. The third kappa shape index (κ3) is 7.95. The molecule has 0 aliphatic carbocycles. The minimum absolute atomic E-state index is 0.0453. The fourth-order valence-corrected chi connectivity index (χ4v) is 5.61. The number of benzene rings is 3. The molecule has 232 valence electrons. The summed E-state index contributed by atoms with van der Waals surface area (Å²) in [6.45, 7) is 3.21. The molecule has 0 saturated carbocycles. The van der Waals surface area contributed by atoms with Crippen molar-refractivity contribution < 1.29 is 31.1 Å². The SMILES string of the molecule is O=C(c1cc(C(F)(F)F)cc(C(F)(F)F)c1)N1CCN(CCCNCc2cccnc2)CC1Cc1ccc2ccccc2c1. The van der Waals surface area contributed by atoms with Gasteiger partial charge in [-0.15, -0.1) is 0 Å². The normalized spacial score (nSPS) is 16.4. The largest absolute Gasteiger partial charge is 0.416 e. The first-order valence-corrected chi connectivity index (χ1v) is 14.4. The standard InChI is InChI=1S/C33H32F6N4O/c34-32(35,36)28-17-27(18-29(19-28)33(37,38)39)31(44)43-14-13-42(12-4-11-41-21-24-5-3-10-40-20-24)22-30(43)16-23-8-9-25-6-1-2-7-26(25)15-23/h1-3,5-10,15,17-20,30,41H,4,11-14,16,21-22H2. The number of carbonyl (C=O) groups excluding carboxylic acids is 1. The van der Waals surface area contributed by atoms with Gasteiger partial charge in [-0.25, -0.2) is 0 Å². The Kier molecular flexibility index (Phi) is 9.55. The van der Waals surface area contributed by atoms with Crippen LogP contribution in [0.2, 0.25) is 0 Å². The van der Waals surface area contributed by atoms with Crippen molar-refractivity contribution in [3.63, 3.8) is 0 Å². The Hall–Kier alpha value is -3.96. The fourth-order valence-electron chi connectivity index (χ4n) is 5.61. The van der Waals surface area contributed by atoms with Crippen molar-refractivity contribution in [1.29, 1.82) is 0 Å². The van der Waals surface area contributed by atoms with E-state index in [0.717, 1.165) is 41.4 Å². The second kappa shape index (κ2) is 13.4. The van der Waals surface area contributed by atoms with Gasteiger partial charge in [0, 0.05) is 50.2 Å². The number of fused-ring (bicyclic) bond motifs is 1. The zero-order valence-corrected chi connectivity index (χ0v) is 23.8. The maximum Gasteiger partial charge on any atom is 0.416 e. The number of rotatable bonds is 9. The van der Waals surface area contributed by atoms with E-state index in [9.17, 15) is 31.1 Å². The Bertz CT molecular complexity index is 1540. The number of hydrogen-bond acceptors (Lipinski definition) is 4. The van der Waals surface area contributed by atoms with Crippen LogP contribution in [0.1, 0.15) is 39.0 Å². The molecule has 2 heterocycles. The van der Waals surface area contributed by atoms with Gasteiger partial charge in [0.25, 0.3) is 5.91 Å². The molecule has 1 unspecified atom stereocenters. The lowest BCUT2D eigenvalue weighted by atomic mass is 9.97. The van der Waals surface area contributed by atoms with Crippen LogP contribution in [0.5, 0.6) is 0 Å². The van der Waals surface area contributed by atoms with E-state index in [-0.39, 0.29) is 12.6 Å². The molecule has 1 aliphatic rings. The number of pyridine rings is 1. The van der Waals surface area contributed by atoms with Gasteiger partial charge < -0.3 is 10.2 Å². The van der Waals surface area contributed by atoms with Crippen LogP contribution in [0.15, 0.2) is 85.2 Å². The number of nitrogens with one attached hydrogen (secondary N) is 1. The van der Waals surface area contributed by atoms with Crippen LogP contribution in [-0.4, -0.2) is 59.5 Å². The Morgan fingerprint density at radius 3 is 2.25 bits per heavy atom. The van der Waals surface area contributed by atoms with Crippen molar-refractivity contribution in [2.75, 3.05) is 32.7 Å². The molecule has 0 bridgehead atoms. The third-order valence-electron chi connectivity index (χ3n) is 7.83. The van der Waals surface area contributed by atoms with Gasteiger partial charge in [0.2, 0.25) is 0 Å². The Morgan fingerprint density at radius 1 is 0.841 bits per heavy atom. The van der Waals surface area contributed by atoms with Gasteiger partial charge in [-0.05, 0) is 72.1 Å². The van der Waals surface area contributed by atoms with Crippen LogP contribution < -0.4 is 5.32 Å². The number of nitrogens with zero attached hydrogens (tertiary/aromatic N) is 3. The van der Waals surface area contributed by atoms with Crippen molar-refractivity contribution in [2.45, 2.75) is 37.8 Å². The Balaban J connectivity index is 1.34. The molecule has 44 heavy (non-hydrogen) atoms. The minimum Gasteiger partial charge on any atom is -0.333 e. The van der Waals surface area contributed by atoms with Crippen LogP contribution in [0.3, 0.4) is 0 Å². The molecule has 0 spiro atoms. The van der Waals surface area contributed by atoms with E-state index in [1.807, 2.05) is 54.6 Å². The van der Waals surface area contributed by atoms with Gasteiger partial charge in [0.15, 0.2) is 0 Å². The molecule has 1 saturated heterocycles. The molecule has 1 N–H and O–H groups in total. The summed E-state index contributed by atoms with van der Waals surface area (Å²) < 4.78 is 81.3. The summed E-state index contributed by atoms with van der Waals surface area (Å²) >= 11 is 0. The van der Waals surface area contributed by atoms with Gasteiger partial charge in [0.1, 0.15) is 0 Å². The van der Waals surface area contributed by atoms with Crippen LogP contribution in [0.4, 0.5) is 26.3 Å². The lowest BCUT2D eigenvalue weighted by molar-refractivity contribution is -0.143. The van der Waals surface area contributed by atoms with Crippen LogP contribution in [-0.2, 0) is 25.3 Å². The highest BCUT2D eigenvalue weighted by Gasteiger charge is 2.39. The predicted molar refractivity (Wildman–Crippen MR) is 156 cm³/mol. The van der Waals surface area contributed by atoms with E-state index in [1.165, 1.54) is 4.90 Å². The first-order chi connectivity index (χ1) is 21.0. The summed E-state index contributed by atoms with van der Waals surface area (Å²) in [7, 11) is 0. The number of aromatic nitrogens is 1. The monoisotopic (exact) mass is 614 g/mol. The van der Waals surface area contributed by atoms with E-state index in [2.05, 4.69) is 15.2 Å². The highest BCUT2D eigenvalue weighted by Crippen LogP contribution is 2.37. The molecule has 11 heteroatoms. The van der Waals surface area contributed by atoms with E-state index in [4.69, 9.17) is 0 Å². The van der Waals surface area contributed by atoms with Crippen LogP contribution in [0, 0.1) is 0 Å². The van der Waals surface area contributed by atoms with Gasteiger partial charge in [-0.3, -0.25) is 14.7 Å². The van der Waals surface area contributed by atoms with Gasteiger partial charge in [0.05, 0.1) is 11.1 Å². The van der Waals surface area contributed by atoms with E-state index >= 15 is 0 Å². The topological polar surface area (TPSA) is 48.5 Å². The zero-order chi connectivity index (χ0) is 31.3. The highest BCUT2D eigenvalue weighted by atomic mass is 19.4. The van der Waals surface area contributed by atoms with E-state index in [1.54, 1.807) is 12.4 Å². The van der Waals surface area contributed by atoms with Crippen molar-refractivity contribution in [3.8, 4) is 0 Å². The van der Waals surface area contributed by atoms with Gasteiger partial charge >= 0.3 is 12.4 Å². The fraction of sp³-hybridized carbons (Fsp3) is 0.333. The Morgan fingerprint density at radius 2 is 1.57 bits per heavy atom. The molecule has 1 aromatic heterocycles. The lowest BCUT2D eigenvalue weighted by Gasteiger charge is -2.42. The lowest BCUT2D eigenvalue weighted by Crippen LogP contribution is -2.56. The highest BCUT2D eigenvalue weighted by molar-refractivity contribution is 5.95. The number of amides is 1. The van der Waals surface area contributed by atoms with Crippen LogP contribution >= 0.6 is 0 Å². The van der Waals surface area contributed by atoms with E-state index < -0.39 is 41.0 Å². The second-order valence-electron chi connectivity index (χ2n) is 11.0. The third-order valence-corrected chi connectivity index (χ3v) is 7.83. The number of hydrogen-bond donors (Lipinski definition) is 1. The molecule has 1 fully saturated rings. The molecule has 1 amide bonds. The molecule has 5 rings (SSSR count). The van der Waals surface area contributed by atoms with E-state index in [0.29, 0.717) is 38.2 Å². The van der Waals surface area contributed by atoms with Gasteiger partial charge in [-0.2, -0.15) is 26.3 Å². The first kappa shape index (κ1) is 31.5. The number of piperazine rings is 1. The molecule has 4 aromatic rings. The summed E-state index contributed by atoms with van der Waals surface area (Å²) in [5.41, 5.74) is -1.63. The summed E-state index contributed by atoms with van der Waals surface area (Å²) in [5, 5.41) is 5.42. The van der Waals surface area contributed by atoms with Crippen molar-refractivity contribution in [2.24, 2.45) is 0 Å². The molecule has 5 nitrogen and oxygen atoms in total. The maximum atomic E-state index is 13.7. The zero-order valence-electron chi connectivity index (χ0n) is 23.8. The summed E-state index contributed by atoms with van der Waals surface area (Å²) in [4.78, 5) is 21.4. The molecular weight excluding hydrogens is 582 g/mol. The maximum absolute atomic E-state index is 13.7. The Labute approximate surface area is 251 Å². The molecule has 0 radical (unpaired) electrons.